The Balaban J connectivity index is 2.02. The molecule has 0 aliphatic heterocycles. The molecule has 0 unspecified atom stereocenters. The van der Waals surface area contributed by atoms with Crippen LogP contribution < -0.4 is 0 Å². The highest BCUT2D eigenvalue weighted by Crippen LogP contribution is 2.42. The van der Waals surface area contributed by atoms with Crippen molar-refractivity contribution >= 4 is 22.7 Å². The Bertz CT molecular complexity index is 965. The molecule has 0 saturated heterocycles. The van der Waals surface area contributed by atoms with Gasteiger partial charge in [-0.3, -0.25) is 13.8 Å². The highest BCUT2D eigenvalue weighted by molar-refractivity contribution is 7.87. The Kier molecular flexibility index (Phi) is 6.87. The lowest BCUT2D eigenvalue weighted by Gasteiger charge is -2.38. The SMILES string of the molecule is COC(=O)[C@@H]1CC(C)=CC[C@@]1(C(=O)OCc1ccccc1)[S@@](=O)c1ccc(C)cc1. The molecule has 2 aromatic rings. The van der Waals surface area contributed by atoms with E-state index >= 15 is 0 Å². The first kappa shape index (κ1) is 22.0. The zero-order chi connectivity index (χ0) is 21.7. The van der Waals surface area contributed by atoms with Crippen LogP contribution in [0.4, 0.5) is 0 Å². The van der Waals surface area contributed by atoms with Crippen molar-refractivity contribution in [3.63, 3.8) is 0 Å². The molecule has 3 atom stereocenters. The first-order chi connectivity index (χ1) is 14.4. The predicted octanol–water partition coefficient (Wildman–Crippen LogP) is 4.11. The van der Waals surface area contributed by atoms with E-state index < -0.39 is 33.4 Å². The molecule has 0 spiro atoms. The van der Waals surface area contributed by atoms with Gasteiger partial charge < -0.3 is 9.47 Å². The van der Waals surface area contributed by atoms with Gasteiger partial charge in [-0.05, 0) is 44.4 Å². The molecule has 0 N–H and O–H groups in total. The molecule has 1 aliphatic rings. The third-order valence-corrected chi connectivity index (χ3v) is 7.43. The second-order valence-corrected chi connectivity index (χ2v) is 9.30. The fraction of sp³-hybridized carbons (Fsp3) is 0.333. The zero-order valence-corrected chi connectivity index (χ0v) is 18.2. The number of aryl methyl sites for hydroxylation is 1. The second-order valence-electron chi connectivity index (χ2n) is 7.57. The van der Waals surface area contributed by atoms with Crippen LogP contribution in [-0.4, -0.2) is 28.0 Å². The second kappa shape index (κ2) is 9.39. The van der Waals surface area contributed by atoms with Crippen molar-refractivity contribution in [1.82, 2.24) is 0 Å². The van der Waals surface area contributed by atoms with E-state index in [9.17, 15) is 13.8 Å². The van der Waals surface area contributed by atoms with Crippen LogP contribution in [0.25, 0.3) is 0 Å². The van der Waals surface area contributed by atoms with Crippen LogP contribution in [0.5, 0.6) is 0 Å². The Morgan fingerprint density at radius 3 is 2.37 bits per heavy atom. The van der Waals surface area contributed by atoms with Crippen molar-refractivity contribution in [2.45, 2.75) is 42.9 Å². The number of carbonyl (C=O) groups excluding carboxylic acids is 2. The average Bonchev–Trinajstić information content (AvgIpc) is 2.77. The van der Waals surface area contributed by atoms with E-state index in [2.05, 4.69) is 0 Å². The van der Waals surface area contributed by atoms with Crippen LogP contribution in [0.15, 0.2) is 71.1 Å². The third kappa shape index (κ3) is 4.38. The summed E-state index contributed by atoms with van der Waals surface area (Å²) >= 11 is 0. The standard InChI is InChI=1S/C24H26O5S/c1-17-9-11-20(12-10-17)30(27)24(14-13-18(2)15-21(24)22(25)28-3)23(26)29-16-19-7-5-4-6-8-19/h4-13,21H,14-16H2,1-3H3/t21-,24+,30-/m0/s1. The molecule has 2 aromatic carbocycles. The number of hydrogen-bond donors (Lipinski definition) is 0. The lowest BCUT2D eigenvalue weighted by molar-refractivity contribution is -0.158. The van der Waals surface area contributed by atoms with E-state index in [-0.39, 0.29) is 13.0 Å². The molecule has 0 heterocycles. The molecular formula is C24H26O5S. The monoisotopic (exact) mass is 426 g/mol. The number of methoxy groups -OCH3 is 1. The molecule has 0 fully saturated rings. The molecule has 0 aromatic heterocycles. The molecule has 6 heteroatoms. The molecular weight excluding hydrogens is 400 g/mol. The minimum Gasteiger partial charge on any atom is -0.469 e. The van der Waals surface area contributed by atoms with Gasteiger partial charge in [-0.25, -0.2) is 0 Å². The van der Waals surface area contributed by atoms with Gasteiger partial charge in [0.2, 0.25) is 0 Å². The Morgan fingerprint density at radius 1 is 1.07 bits per heavy atom. The molecule has 0 radical (unpaired) electrons. The van der Waals surface area contributed by atoms with Crippen LogP contribution in [0.3, 0.4) is 0 Å². The summed E-state index contributed by atoms with van der Waals surface area (Å²) < 4.78 is 22.9. The van der Waals surface area contributed by atoms with Crippen LogP contribution in [0, 0.1) is 12.8 Å². The van der Waals surface area contributed by atoms with Gasteiger partial charge in [0.15, 0.2) is 4.75 Å². The third-order valence-electron chi connectivity index (χ3n) is 5.45. The average molecular weight is 427 g/mol. The van der Waals surface area contributed by atoms with Crippen molar-refractivity contribution in [2.24, 2.45) is 5.92 Å². The van der Waals surface area contributed by atoms with Gasteiger partial charge in [0.05, 0.1) is 23.8 Å². The van der Waals surface area contributed by atoms with E-state index in [0.29, 0.717) is 11.3 Å². The zero-order valence-electron chi connectivity index (χ0n) is 17.4. The van der Waals surface area contributed by atoms with E-state index in [4.69, 9.17) is 9.47 Å². The van der Waals surface area contributed by atoms with Crippen molar-refractivity contribution in [1.29, 1.82) is 0 Å². The summed E-state index contributed by atoms with van der Waals surface area (Å²) in [5.74, 6) is -2.10. The van der Waals surface area contributed by atoms with Crippen LogP contribution in [0.2, 0.25) is 0 Å². The first-order valence-corrected chi connectivity index (χ1v) is 11.0. The van der Waals surface area contributed by atoms with Crippen LogP contribution in [-0.2, 0) is 36.5 Å². The minimum absolute atomic E-state index is 0.0448. The summed E-state index contributed by atoms with van der Waals surface area (Å²) in [6.07, 6.45) is 2.31. The van der Waals surface area contributed by atoms with Gasteiger partial charge in [0.25, 0.3) is 0 Å². The van der Waals surface area contributed by atoms with E-state index in [1.807, 2.05) is 62.4 Å². The number of rotatable bonds is 6. The molecule has 0 amide bonds. The van der Waals surface area contributed by atoms with Crippen molar-refractivity contribution in [3.8, 4) is 0 Å². The summed E-state index contributed by atoms with van der Waals surface area (Å²) in [4.78, 5) is 26.7. The van der Waals surface area contributed by atoms with Gasteiger partial charge in [0.1, 0.15) is 6.61 Å². The fourth-order valence-electron chi connectivity index (χ4n) is 3.68. The number of carbonyl (C=O) groups is 2. The van der Waals surface area contributed by atoms with Crippen LogP contribution >= 0.6 is 0 Å². The Hall–Kier alpha value is -2.73. The molecule has 1 aliphatic carbocycles. The van der Waals surface area contributed by atoms with Gasteiger partial charge in [0, 0.05) is 4.90 Å². The maximum absolute atomic E-state index is 13.8. The molecule has 3 rings (SSSR count). The van der Waals surface area contributed by atoms with E-state index in [1.54, 1.807) is 12.1 Å². The van der Waals surface area contributed by atoms with E-state index in [1.165, 1.54) is 7.11 Å². The number of ether oxygens (including phenoxy) is 2. The largest absolute Gasteiger partial charge is 0.469 e. The summed E-state index contributed by atoms with van der Waals surface area (Å²) in [5, 5.41) is 0. The van der Waals surface area contributed by atoms with Crippen molar-refractivity contribution in [3.05, 3.63) is 77.4 Å². The molecule has 158 valence electrons. The number of esters is 2. The van der Waals surface area contributed by atoms with Gasteiger partial charge in [-0.2, -0.15) is 0 Å². The fourth-order valence-corrected chi connectivity index (χ4v) is 5.36. The van der Waals surface area contributed by atoms with Crippen LogP contribution in [0.1, 0.15) is 30.9 Å². The van der Waals surface area contributed by atoms with Gasteiger partial charge in [-0.15, -0.1) is 0 Å². The summed E-state index contributed by atoms with van der Waals surface area (Å²) in [6.45, 7) is 3.87. The van der Waals surface area contributed by atoms with Gasteiger partial charge in [-0.1, -0.05) is 59.7 Å². The summed E-state index contributed by atoms with van der Waals surface area (Å²) in [7, 11) is -0.529. The lowest BCUT2D eigenvalue weighted by Crippen LogP contribution is -2.54. The van der Waals surface area contributed by atoms with E-state index in [0.717, 1.165) is 16.7 Å². The molecule has 0 bridgehead atoms. The summed E-state index contributed by atoms with van der Waals surface area (Å²) in [6, 6.07) is 16.4. The predicted molar refractivity (Wildman–Crippen MR) is 115 cm³/mol. The number of allylic oxidation sites excluding steroid dienone is 2. The smallest absolute Gasteiger partial charge is 0.326 e. The minimum atomic E-state index is -1.81. The Labute approximate surface area is 179 Å². The summed E-state index contributed by atoms with van der Waals surface area (Å²) in [5.41, 5.74) is 2.79. The molecule has 5 nitrogen and oxygen atoms in total. The number of benzene rings is 2. The molecule has 0 saturated carbocycles. The lowest BCUT2D eigenvalue weighted by atomic mass is 9.79. The maximum Gasteiger partial charge on any atom is 0.326 e. The van der Waals surface area contributed by atoms with Gasteiger partial charge >= 0.3 is 11.9 Å². The Morgan fingerprint density at radius 2 is 1.73 bits per heavy atom. The molecule has 30 heavy (non-hydrogen) atoms. The number of hydrogen-bond acceptors (Lipinski definition) is 5. The highest BCUT2D eigenvalue weighted by atomic mass is 32.2. The normalized spacial score (nSPS) is 22.0. The highest BCUT2D eigenvalue weighted by Gasteiger charge is 2.57. The quantitative estimate of drug-likeness (QED) is 0.513. The van der Waals surface area contributed by atoms with Crippen molar-refractivity contribution in [2.75, 3.05) is 7.11 Å². The topological polar surface area (TPSA) is 69.7 Å². The van der Waals surface area contributed by atoms with Crippen molar-refractivity contribution < 1.29 is 23.3 Å². The first-order valence-electron chi connectivity index (χ1n) is 9.81. The maximum atomic E-state index is 13.8.